The quantitative estimate of drug-likeness (QED) is 0.661. The van der Waals surface area contributed by atoms with E-state index in [1.165, 1.54) is 50.7 Å². The van der Waals surface area contributed by atoms with Gasteiger partial charge in [0, 0.05) is 11.5 Å². The van der Waals surface area contributed by atoms with E-state index in [9.17, 15) is 13.2 Å². The van der Waals surface area contributed by atoms with Crippen molar-refractivity contribution in [2.45, 2.75) is 57.9 Å². The fourth-order valence-electron chi connectivity index (χ4n) is 4.17. The topological polar surface area (TPSA) is 18.5 Å². The third-order valence-corrected chi connectivity index (χ3v) is 5.69. The highest BCUT2D eigenvalue weighted by molar-refractivity contribution is 5.25. The maximum absolute atomic E-state index is 12.6. The Hall–Kier alpha value is -1.07. The van der Waals surface area contributed by atoms with Gasteiger partial charge in [-0.05, 0) is 36.8 Å². The number of rotatable bonds is 4. The van der Waals surface area contributed by atoms with Crippen molar-refractivity contribution in [1.82, 2.24) is 0 Å². The van der Waals surface area contributed by atoms with Crippen LogP contribution in [0.5, 0.6) is 0 Å². The summed E-state index contributed by atoms with van der Waals surface area (Å²) < 4.78 is 49.5. The van der Waals surface area contributed by atoms with Gasteiger partial charge in [-0.15, -0.1) is 0 Å². The van der Waals surface area contributed by atoms with E-state index < -0.39 is 18.0 Å². The Labute approximate surface area is 147 Å². The van der Waals surface area contributed by atoms with Gasteiger partial charge in [-0.1, -0.05) is 44.7 Å². The van der Waals surface area contributed by atoms with Gasteiger partial charge in [-0.2, -0.15) is 13.2 Å². The van der Waals surface area contributed by atoms with Crippen molar-refractivity contribution in [1.29, 1.82) is 0 Å². The molecule has 2 aliphatic rings. The zero-order chi connectivity index (χ0) is 17.9. The summed E-state index contributed by atoms with van der Waals surface area (Å²) in [5.74, 6) is 1.95. The first-order valence-corrected chi connectivity index (χ1v) is 9.37. The summed E-state index contributed by atoms with van der Waals surface area (Å²) in [6.07, 6.45) is 2.83. The minimum Gasteiger partial charge on any atom is -0.348 e. The zero-order valence-electron chi connectivity index (χ0n) is 14.7. The first kappa shape index (κ1) is 18.7. The molecule has 0 amide bonds. The number of halogens is 3. The van der Waals surface area contributed by atoms with E-state index in [0.717, 1.165) is 18.1 Å². The lowest BCUT2D eigenvalue weighted by Crippen LogP contribution is -2.34. The van der Waals surface area contributed by atoms with Crippen LogP contribution in [0.15, 0.2) is 24.3 Å². The minimum atomic E-state index is -4.31. The lowest BCUT2D eigenvalue weighted by Gasteiger charge is -2.37. The molecule has 5 heteroatoms. The average Bonchev–Trinajstić information content (AvgIpc) is 2.62. The zero-order valence-corrected chi connectivity index (χ0v) is 14.7. The minimum absolute atomic E-state index is 0.410. The van der Waals surface area contributed by atoms with Crippen LogP contribution in [0.4, 0.5) is 13.2 Å². The average molecular weight is 356 g/mol. The Kier molecular flexibility index (Phi) is 6.05. The van der Waals surface area contributed by atoms with E-state index in [1.807, 2.05) is 0 Å². The molecule has 0 aromatic heterocycles. The molecule has 2 nitrogen and oxygen atoms in total. The molecule has 0 N–H and O–H groups in total. The van der Waals surface area contributed by atoms with Crippen LogP contribution in [0.25, 0.3) is 0 Å². The van der Waals surface area contributed by atoms with Crippen LogP contribution in [0.1, 0.15) is 62.9 Å². The van der Waals surface area contributed by atoms with Gasteiger partial charge >= 0.3 is 6.18 Å². The number of alkyl halides is 3. The lowest BCUT2D eigenvalue weighted by atomic mass is 9.75. The van der Waals surface area contributed by atoms with E-state index in [0.29, 0.717) is 30.6 Å². The molecule has 1 aromatic carbocycles. The SMILES string of the molecule is CCCC1CCC(C2COC(c3ccc(C(F)(F)F)cc3)OC2)CC1. The van der Waals surface area contributed by atoms with Crippen molar-refractivity contribution in [3.05, 3.63) is 35.4 Å². The maximum atomic E-state index is 12.6. The van der Waals surface area contributed by atoms with E-state index in [1.54, 1.807) is 0 Å². The third kappa shape index (κ3) is 4.76. The van der Waals surface area contributed by atoms with Crippen molar-refractivity contribution >= 4 is 0 Å². The Morgan fingerprint density at radius 1 is 0.920 bits per heavy atom. The fourth-order valence-corrected chi connectivity index (χ4v) is 4.17. The van der Waals surface area contributed by atoms with E-state index in [4.69, 9.17) is 9.47 Å². The number of ether oxygens (including phenoxy) is 2. The highest BCUT2D eigenvalue weighted by atomic mass is 19.4. The molecule has 1 heterocycles. The molecule has 1 aliphatic heterocycles. The largest absolute Gasteiger partial charge is 0.416 e. The molecule has 0 spiro atoms. The van der Waals surface area contributed by atoms with Gasteiger partial charge in [0.25, 0.3) is 0 Å². The van der Waals surface area contributed by atoms with Gasteiger partial charge in [0.2, 0.25) is 0 Å². The van der Waals surface area contributed by atoms with Crippen LogP contribution < -0.4 is 0 Å². The van der Waals surface area contributed by atoms with Crippen molar-refractivity contribution in [3.8, 4) is 0 Å². The molecule has 0 radical (unpaired) electrons. The fraction of sp³-hybridized carbons (Fsp3) is 0.700. The van der Waals surface area contributed by atoms with Gasteiger partial charge < -0.3 is 9.47 Å². The molecule has 140 valence electrons. The van der Waals surface area contributed by atoms with Gasteiger partial charge in [0.15, 0.2) is 6.29 Å². The summed E-state index contributed by atoms with van der Waals surface area (Å²) in [4.78, 5) is 0. The Bertz CT molecular complexity index is 525. The molecular weight excluding hydrogens is 329 g/mol. The Balaban J connectivity index is 1.49. The summed E-state index contributed by atoms with van der Waals surface area (Å²) in [5.41, 5.74) is 0.00637. The molecule has 3 rings (SSSR count). The van der Waals surface area contributed by atoms with Gasteiger partial charge in [0.05, 0.1) is 18.8 Å². The molecule has 25 heavy (non-hydrogen) atoms. The molecule has 1 aliphatic carbocycles. The first-order chi connectivity index (χ1) is 12.0. The predicted molar refractivity (Wildman–Crippen MR) is 89.9 cm³/mol. The molecule has 0 unspecified atom stereocenters. The van der Waals surface area contributed by atoms with E-state index >= 15 is 0 Å². The van der Waals surface area contributed by atoms with Crippen molar-refractivity contribution in [2.24, 2.45) is 17.8 Å². The van der Waals surface area contributed by atoms with Gasteiger partial charge in [-0.3, -0.25) is 0 Å². The van der Waals surface area contributed by atoms with Crippen LogP contribution >= 0.6 is 0 Å². The normalized spacial score (nSPS) is 31.0. The second-order valence-corrected chi connectivity index (χ2v) is 7.45. The summed E-state index contributed by atoms with van der Waals surface area (Å²) >= 11 is 0. The second kappa shape index (κ2) is 8.09. The number of hydrogen-bond acceptors (Lipinski definition) is 2. The Morgan fingerprint density at radius 2 is 1.52 bits per heavy atom. The Morgan fingerprint density at radius 3 is 2.04 bits per heavy atom. The third-order valence-electron chi connectivity index (χ3n) is 5.69. The predicted octanol–water partition coefficient (Wildman–Crippen LogP) is 5.97. The molecule has 0 atom stereocenters. The molecule has 1 saturated carbocycles. The molecule has 1 aromatic rings. The van der Waals surface area contributed by atoms with Crippen LogP contribution in [-0.4, -0.2) is 13.2 Å². The number of hydrogen-bond donors (Lipinski definition) is 0. The maximum Gasteiger partial charge on any atom is 0.416 e. The van der Waals surface area contributed by atoms with Crippen LogP contribution in [0.2, 0.25) is 0 Å². The van der Waals surface area contributed by atoms with Gasteiger partial charge in [-0.25, -0.2) is 0 Å². The lowest BCUT2D eigenvalue weighted by molar-refractivity contribution is -0.214. The highest BCUT2D eigenvalue weighted by Crippen LogP contribution is 2.39. The van der Waals surface area contributed by atoms with Crippen LogP contribution in [-0.2, 0) is 15.7 Å². The van der Waals surface area contributed by atoms with Crippen molar-refractivity contribution in [2.75, 3.05) is 13.2 Å². The van der Waals surface area contributed by atoms with E-state index in [2.05, 4.69) is 6.92 Å². The monoisotopic (exact) mass is 356 g/mol. The standard InChI is InChI=1S/C20H27F3O2/c1-2-3-14-4-6-15(7-5-14)17-12-24-19(25-13-17)16-8-10-18(11-9-16)20(21,22)23/h8-11,14-15,17,19H,2-7,12-13H2,1H3. The molecule has 0 bridgehead atoms. The summed E-state index contributed by atoms with van der Waals surface area (Å²) in [5, 5.41) is 0. The van der Waals surface area contributed by atoms with Crippen molar-refractivity contribution < 1.29 is 22.6 Å². The molecule has 2 fully saturated rings. The summed E-state index contributed by atoms with van der Waals surface area (Å²) in [7, 11) is 0. The smallest absolute Gasteiger partial charge is 0.348 e. The molecule has 1 saturated heterocycles. The highest BCUT2D eigenvalue weighted by Gasteiger charge is 2.33. The summed E-state index contributed by atoms with van der Waals surface area (Å²) in [6, 6.07) is 5.07. The van der Waals surface area contributed by atoms with E-state index in [-0.39, 0.29) is 0 Å². The molecular formula is C20H27F3O2. The van der Waals surface area contributed by atoms with Crippen LogP contribution in [0, 0.1) is 17.8 Å². The van der Waals surface area contributed by atoms with Gasteiger partial charge in [0.1, 0.15) is 0 Å². The van der Waals surface area contributed by atoms with Crippen LogP contribution in [0.3, 0.4) is 0 Å². The second-order valence-electron chi connectivity index (χ2n) is 7.45. The van der Waals surface area contributed by atoms with Crippen molar-refractivity contribution in [3.63, 3.8) is 0 Å². The first-order valence-electron chi connectivity index (χ1n) is 9.37. The summed E-state index contributed by atoms with van der Waals surface area (Å²) in [6.45, 7) is 3.51. The number of benzene rings is 1.